The SMILES string of the molecule is CCC(=O)c1ccc2c(c1)C(Cc1ccc(C(=O)C(C)(C)O)cc1)(Cc1ccc(C(=O)C(C)(C)O)cc1)c1cc(C(=O)C(C)(C)O)ccc1-2. The van der Waals surface area contributed by atoms with Gasteiger partial charge in [0.2, 0.25) is 0 Å². The zero-order valence-corrected chi connectivity index (χ0v) is 29.2. The minimum Gasteiger partial charge on any atom is -0.382 e. The van der Waals surface area contributed by atoms with Crippen molar-refractivity contribution < 1.29 is 34.5 Å². The van der Waals surface area contributed by atoms with Crippen LogP contribution in [0.15, 0.2) is 84.9 Å². The van der Waals surface area contributed by atoms with E-state index in [0.717, 1.165) is 33.4 Å². The summed E-state index contributed by atoms with van der Waals surface area (Å²) in [6.45, 7) is 10.5. The molecule has 0 saturated carbocycles. The topological polar surface area (TPSA) is 129 Å². The normalized spacial score (nSPS) is 13.8. The fourth-order valence-electron chi connectivity index (χ4n) is 6.76. The van der Waals surface area contributed by atoms with E-state index < -0.39 is 39.6 Å². The number of ketones is 4. The Kier molecular flexibility index (Phi) is 9.28. The van der Waals surface area contributed by atoms with Crippen molar-refractivity contribution in [2.45, 2.75) is 89.9 Å². The maximum absolute atomic E-state index is 13.4. The maximum atomic E-state index is 13.4. The van der Waals surface area contributed by atoms with E-state index in [1.54, 1.807) is 30.3 Å². The highest BCUT2D eigenvalue weighted by molar-refractivity contribution is 6.04. The van der Waals surface area contributed by atoms with E-state index in [2.05, 4.69) is 0 Å². The number of carbonyl (C=O) groups is 4. The van der Waals surface area contributed by atoms with Crippen molar-refractivity contribution in [2.75, 3.05) is 0 Å². The van der Waals surface area contributed by atoms with Crippen LogP contribution in [0.3, 0.4) is 0 Å². The first kappa shape index (κ1) is 35.7. The van der Waals surface area contributed by atoms with E-state index in [4.69, 9.17) is 0 Å². The summed E-state index contributed by atoms with van der Waals surface area (Å²) >= 11 is 0. The molecule has 0 unspecified atom stereocenters. The van der Waals surface area contributed by atoms with E-state index in [9.17, 15) is 34.5 Å². The second-order valence-corrected chi connectivity index (χ2v) is 14.8. The molecular formula is C42H44O7. The van der Waals surface area contributed by atoms with Crippen LogP contribution in [0.5, 0.6) is 0 Å². The molecule has 1 aliphatic rings. The number of fused-ring (bicyclic) bond motifs is 3. The van der Waals surface area contributed by atoms with Crippen LogP contribution in [0, 0.1) is 0 Å². The summed E-state index contributed by atoms with van der Waals surface area (Å²) < 4.78 is 0. The Morgan fingerprint density at radius 1 is 0.510 bits per heavy atom. The Labute approximate surface area is 287 Å². The van der Waals surface area contributed by atoms with Crippen molar-refractivity contribution in [1.82, 2.24) is 0 Å². The van der Waals surface area contributed by atoms with E-state index in [-0.39, 0.29) is 5.78 Å². The zero-order chi connectivity index (χ0) is 36.1. The van der Waals surface area contributed by atoms with E-state index >= 15 is 0 Å². The molecular weight excluding hydrogens is 616 g/mol. The van der Waals surface area contributed by atoms with Gasteiger partial charge in [-0.25, -0.2) is 0 Å². The molecule has 4 aromatic rings. The van der Waals surface area contributed by atoms with Gasteiger partial charge in [0.1, 0.15) is 16.8 Å². The lowest BCUT2D eigenvalue weighted by atomic mass is 9.68. The van der Waals surface area contributed by atoms with Crippen molar-refractivity contribution in [2.24, 2.45) is 0 Å². The van der Waals surface area contributed by atoms with Crippen molar-refractivity contribution in [3.8, 4) is 11.1 Å². The van der Waals surface area contributed by atoms with Crippen molar-refractivity contribution in [1.29, 1.82) is 0 Å². The molecule has 7 nitrogen and oxygen atoms in total. The molecule has 7 heteroatoms. The molecule has 4 aromatic carbocycles. The van der Waals surface area contributed by atoms with Crippen LogP contribution in [0.1, 0.15) is 119 Å². The van der Waals surface area contributed by atoms with E-state index in [1.807, 2.05) is 61.5 Å². The standard InChI is InChI=1S/C42H44O7/c1-8-35(43)29-17-19-31-32-20-18-30(38(46)41(6,7)49)22-34(32)42(33(31)21-29,23-25-9-13-27(14-10-25)36(44)39(2,3)47)24-26-11-15-28(16-12-26)37(45)40(4,5)48/h9-22,47-49H,8,23-24H2,1-7H3. The molecule has 0 atom stereocenters. The van der Waals surface area contributed by atoms with Gasteiger partial charge in [-0.2, -0.15) is 0 Å². The maximum Gasteiger partial charge on any atom is 0.193 e. The highest BCUT2D eigenvalue weighted by atomic mass is 16.3. The summed E-state index contributed by atoms with van der Waals surface area (Å²) in [5.41, 5.74) is 1.53. The molecule has 0 amide bonds. The van der Waals surface area contributed by atoms with E-state index in [0.29, 0.717) is 41.5 Å². The monoisotopic (exact) mass is 660 g/mol. The van der Waals surface area contributed by atoms with Gasteiger partial charge in [0.25, 0.3) is 0 Å². The Bertz CT molecular complexity index is 1870. The summed E-state index contributed by atoms with van der Waals surface area (Å²) in [5, 5.41) is 31.3. The second kappa shape index (κ2) is 12.7. The predicted octanol–water partition coefficient (Wildman–Crippen LogP) is 6.89. The van der Waals surface area contributed by atoms with Crippen molar-refractivity contribution >= 4 is 23.1 Å². The molecule has 49 heavy (non-hydrogen) atoms. The number of hydrogen-bond acceptors (Lipinski definition) is 7. The molecule has 0 heterocycles. The molecule has 0 bridgehead atoms. The van der Waals surface area contributed by atoms with Crippen LogP contribution in [-0.2, 0) is 18.3 Å². The Morgan fingerprint density at radius 3 is 1.20 bits per heavy atom. The van der Waals surface area contributed by atoms with Gasteiger partial charge in [0, 0.05) is 34.1 Å². The minimum absolute atomic E-state index is 0.00507. The van der Waals surface area contributed by atoms with Gasteiger partial charge in [0.15, 0.2) is 23.1 Å². The number of hydrogen-bond donors (Lipinski definition) is 3. The summed E-state index contributed by atoms with van der Waals surface area (Å²) in [7, 11) is 0. The lowest BCUT2D eigenvalue weighted by Crippen LogP contribution is -2.34. The summed E-state index contributed by atoms with van der Waals surface area (Å²) in [6, 6.07) is 25.4. The van der Waals surface area contributed by atoms with Crippen LogP contribution >= 0.6 is 0 Å². The van der Waals surface area contributed by atoms with E-state index in [1.165, 1.54) is 41.5 Å². The first-order chi connectivity index (χ1) is 22.8. The molecule has 0 aromatic heterocycles. The van der Waals surface area contributed by atoms with Crippen LogP contribution in [0.25, 0.3) is 11.1 Å². The smallest absolute Gasteiger partial charge is 0.193 e. The minimum atomic E-state index is -1.60. The van der Waals surface area contributed by atoms with Gasteiger partial charge >= 0.3 is 0 Å². The van der Waals surface area contributed by atoms with Gasteiger partial charge in [-0.05, 0) is 99.9 Å². The number of aliphatic hydroxyl groups is 3. The third-order valence-corrected chi connectivity index (χ3v) is 9.38. The van der Waals surface area contributed by atoms with Crippen molar-refractivity contribution in [3.05, 3.63) is 129 Å². The van der Waals surface area contributed by atoms with Crippen LogP contribution < -0.4 is 0 Å². The molecule has 0 saturated heterocycles. The summed E-state index contributed by atoms with van der Waals surface area (Å²) in [6.07, 6.45) is 1.16. The molecule has 254 valence electrons. The second-order valence-electron chi connectivity index (χ2n) is 14.8. The molecule has 1 aliphatic carbocycles. The first-order valence-corrected chi connectivity index (χ1v) is 16.6. The molecule has 0 spiro atoms. The molecule has 5 rings (SSSR count). The van der Waals surface area contributed by atoms with Crippen LogP contribution in [-0.4, -0.2) is 55.3 Å². The largest absolute Gasteiger partial charge is 0.382 e. The van der Waals surface area contributed by atoms with Crippen LogP contribution in [0.2, 0.25) is 0 Å². The Balaban J connectivity index is 1.74. The number of Topliss-reactive ketones (excluding diaryl/α,β-unsaturated/α-hetero) is 4. The highest BCUT2D eigenvalue weighted by Gasteiger charge is 2.45. The van der Waals surface area contributed by atoms with Gasteiger partial charge in [0.05, 0.1) is 0 Å². The highest BCUT2D eigenvalue weighted by Crippen LogP contribution is 2.53. The van der Waals surface area contributed by atoms with Gasteiger partial charge in [-0.15, -0.1) is 0 Å². The Morgan fingerprint density at radius 2 is 0.837 bits per heavy atom. The molecule has 0 aliphatic heterocycles. The lowest BCUT2D eigenvalue weighted by molar-refractivity contribution is 0.0487. The predicted molar refractivity (Wildman–Crippen MR) is 189 cm³/mol. The third kappa shape index (κ3) is 6.97. The van der Waals surface area contributed by atoms with Crippen molar-refractivity contribution in [3.63, 3.8) is 0 Å². The summed E-state index contributed by atoms with van der Waals surface area (Å²) in [4.78, 5) is 52.1. The molecule has 3 N–H and O–H groups in total. The van der Waals surface area contributed by atoms with Gasteiger partial charge < -0.3 is 15.3 Å². The average molecular weight is 661 g/mol. The number of benzene rings is 4. The average Bonchev–Trinajstić information content (AvgIpc) is 3.30. The van der Waals surface area contributed by atoms with Crippen LogP contribution in [0.4, 0.5) is 0 Å². The quantitative estimate of drug-likeness (QED) is 0.141. The molecule has 0 radical (unpaired) electrons. The Hall–Kier alpha value is -4.56. The number of carbonyl (C=O) groups excluding carboxylic acids is 4. The number of rotatable bonds is 12. The fourth-order valence-corrected chi connectivity index (χ4v) is 6.76. The van der Waals surface area contributed by atoms with Gasteiger partial charge in [-0.3, -0.25) is 19.2 Å². The zero-order valence-electron chi connectivity index (χ0n) is 29.2. The summed E-state index contributed by atoms with van der Waals surface area (Å²) in [5.74, 6) is -1.23. The first-order valence-electron chi connectivity index (χ1n) is 16.6. The van der Waals surface area contributed by atoms with Gasteiger partial charge in [-0.1, -0.05) is 79.7 Å². The molecule has 0 fully saturated rings. The third-order valence-electron chi connectivity index (χ3n) is 9.38. The lowest BCUT2D eigenvalue weighted by Gasteiger charge is -2.34. The fraction of sp³-hybridized carbons (Fsp3) is 0.333.